The lowest BCUT2D eigenvalue weighted by Gasteiger charge is -2.29. The van der Waals surface area contributed by atoms with Crippen molar-refractivity contribution in [3.05, 3.63) is 5.56 Å². The molecule has 1 unspecified atom stereocenters. The molecule has 2 N–H and O–H groups in total. The Morgan fingerprint density at radius 1 is 1.35 bits per heavy atom. The zero-order valence-corrected chi connectivity index (χ0v) is 11.5. The Kier molecular flexibility index (Phi) is 2.77. The molecule has 2 fully saturated rings. The molecule has 0 amide bonds. The molecular formula is C13H21N3S. The summed E-state index contributed by atoms with van der Waals surface area (Å²) in [6.45, 7) is 5.83. The average Bonchev–Trinajstić information content (AvgIpc) is 2.87. The summed E-state index contributed by atoms with van der Waals surface area (Å²) in [7, 11) is 0. The molecule has 94 valence electrons. The van der Waals surface area contributed by atoms with E-state index >= 15 is 0 Å². The van der Waals surface area contributed by atoms with E-state index in [2.05, 4.69) is 23.1 Å². The van der Waals surface area contributed by atoms with E-state index in [0.717, 1.165) is 5.82 Å². The highest BCUT2D eigenvalue weighted by molar-refractivity contribution is 7.10. The summed E-state index contributed by atoms with van der Waals surface area (Å²) in [6.07, 6.45) is 5.23. The van der Waals surface area contributed by atoms with Crippen molar-refractivity contribution in [2.45, 2.75) is 51.5 Å². The first-order chi connectivity index (χ1) is 8.18. The van der Waals surface area contributed by atoms with Crippen molar-refractivity contribution in [1.29, 1.82) is 0 Å². The van der Waals surface area contributed by atoms with Crippen LogP contribution < -0.4 is 10.6 Å². The van der Waals surface area contributed by atoms with Crippen molar-refractivity contribution in [2.75, 3.05) is 17.2 Å². The Labute approximate surface area is 107 Å². The monoisotopic (exact) mass is 251 g/mol. The summed E-state index contributed by atoms with van der Waals surface area (Å²) >= 11 is 1.61. The van der Waals surface area contributed by atoms with E-state index in [9.17, 15) is 0 Å². The number of anilines is 2. The molecular weight excluding hydrogens is 230 g/mol. The Morgan fingerprint density at radius 3 is 2.76 bits per heavy atom. The lowest BCUT2D eigenvalue weighted by Crippen LogP contribution is -2.33. The molecule has 0 bridgehead atoms. The normalized spacial score (nSPS) is 24.9. The van der Waals surface area contributed by atoms with Crippen LogP contribution in [-0.2, 0) is 0 Å². The number of nitrogen functional groups attached to an aromatic ring is 1. The molecule has 0 aromatic carbocycles. The van der Waals surface area contributed by atoms with Crippen molar-refractivity contribution >= 4 is 22.4 Å². The zero-order chi connectivity index (χ0) is 12.0. The van der Waals surface area contributed by atoms with Crippen LogP contribution in [0.25, 0.3) is 0 Å². The smallest absolute Gasteiger partial charge is 0.142 e. The molecule has 1 aromatic heterocycles. The quantitative estimate of drug-likeness (QED) is 0.897. The minimum Gasteiger partial charge on any atom is -0.383 e. The fraction of sp³-hybridized carbons (Fsp3) is 0.769. The molecule has 17 heavy (non-hydrogen) atoms. The molecule has 3 rings (SSSR count). The second-order valence-electron chi connectivity index (χ2n) is 5.71. The summed E-state index contributed by atoms with van der Waals surface area (Å²) in [4.78, 5) is 2.58. The molecule has 1 saturated carbocycles. The molecule has 1 aliphatic carbocycles. The predicted octanol–water partition coefficient (Wildman–Crippen LogP) is 3.23. The maximum Gasteiger partial charge on any atom is 0.142 e. The molecule has 3 nitrogen and oxygen atoms in total. The van der Waals surface area contributed by atoms with Crippen LogP contribution in [0.15, 0.2) is 0 Å². The number of hydrogen-bond donors (Lipinski definition) is 1. The van der Waals surface area contributed by atoms with Gasteiger partial charge in [0.2, 0.25) is 0 Å². The largest absolute Gasteiger partial charge is 0.383 e. The number of nitrogens with two attached hydrogens (primary N) is 1. The summed E-state index contributed by atoms with van der Waals surface area (Å²) < 4.78 is 4.39. The van der Waals surface area contributed by atoms with Crippen LogP contribution in [0.5, 0.6) is 0 Å². The van der Waals surface area contributed by atoms with Gasteiger partial charge in [-0.1, -0.05) is 13.8 Å². The molecule has 1 saturated heterocycles. The minimum atomic E-state index is 0.687. The van der Waals surface area contributed by atoms with Crippen molar-refractivity contribution in [2.24, 2.45) is 5.92 Å². The van der Waals surface area contributed by atoms with Gasteiger partial charge in [-0.25, -0.2) is 0 Å². The van der Waals surface area contributed by atoms with E-state index in [0.29, 0.717) is 17.9 Å². The van der Waals surface area contributed by atoms with Crippen LogP contribution in [0.2, 0.25) is 0 Å². The lowest BCUT2D eigenvalue weighted by molar-refractivity contribution is 0.493. The van der Waals surface area contributed by atoms with Gasteiger partial charge in [0.1, 0.15) is 10.8 Å². The molecule has 2 heterocycles. The van der Waals surface area contributed by atoms with Crippen LogP contribution in [0.4, 0.5) is 10.8 Å². The molecule has 2 aliphatic rings. The van der Waals surface area contributed by atoms with Gasteiger partial charge in [0.05, 0.1) is 0 Å². The van der Waals surface area contributed by atoms with Gasteiger partial charge in [0.15, 0.2) is 0 Å². The zero-order valence-electron chi connectivity index (χ0n) is 10.6. The Morgan fingerprint density at radius 2 is 2.12 bits per heavy atom. The molecule has 4 heteroatoms. The third-order valence-corrected chi connectivity index (χ3v) is 4.97. The van der Waals surface area contributed by atoms with Crippen LogP contribution in [0, 0.1) is 5.92 Å². The topological polar surface area (TPSA) is 42.2 Å². The Bertz CT molecular complexity index is 409. The fourth-order valence-electron chi connectivity index (χ4n) is 3.00. The van der Waals surface area contributed by atoms with Crippen molar-refractivity contribution in [1.82, 2.24) is 4.37 Å². The first kappa shape index (κ1) is 11.3. The Balaban J connectivity index is 1.92. The first-order valence-electron chi connectivity index (χ1n) is 6.70. The van der Waals surface area contributed by atoms with Gasteiger partial charge in [0.25, 0.3) is 0 Å². The van der Waals surface area contributed by atoms with E-state index in [1.54, 1.807) is 11.5 Å². The second-order valence-corrected chi connectivity index (χ2v) is 6.46. The van der Waals surface area contributed by atoms with Crippen LogP contribution in [-0.4, -0.2) is 17.0 Å². The molecule has 1 aromatic rings. The fourth-order valence-corrected chi connectivity index (χ4v) is 3.99. The third-order valence-electron chi connectivity index (χ3n) is 4.05. The maximum absolute atomic E-state index is 6.04. The van der Waals surface area contributed by atoms with Crippen molar-refractivity contribution in [3.8, 4) is 0 Å². The van der Waals surface area contributed by atoms with Crippen LogP contribution >= 0.6 is 11.5 Å². The molecule has 0 radical (unpaired) electrons. The highest BCUT2D eigenvalue weighted by Gasteiger charge is 2.36. The van der Waals surface area contributed by atoms with Gasteiger partial charge in [-0.15, -0.1) is 0 Å². The SMILES string of the molecule is CC(C)C1CCCN1c1snc(N)c1C1CC1. The summed E-state index contributed by atoms with van der Waals surface area (Å²) in [5.41, 5.74) is 7.41. The number of rotatable bonds is 3. The molecule has 1 atom stereocenters. The number of nitrogens with zero attached hydrogens (tertiary/aromatic N) is 2. The predicted molar refractivity (Wildman–Crippen MR) is 73.7 cm³/mol. The van der Waals surface area contributed by atoms with Gasteiger partial charge in [-0.05, 0) is 49.1 Å². The lowest BCUT2D eigenvalue weighted by atomic mass is 10.0. The highest BCUT2D eigenvalue weighted by atomic mass is 32.1. The Hall–Kier alpha value is -0.770. The van der Waals surface area contributed by atoms with Gasteiger partial charge in [-0.2, -0.15) is 4.37 Å². The van der Waals surface area contributed by atoms with E-state index < -0.39 is 0 Å². The van der Waals surface area contributed by atoms with Gasteiger partial charge in [0, 0.05) is 18.2 Å². The number of aromatic nitrogens is 1. The standard InChI is InChI=1S/C13H21N3S/c1-8(2)10-4-3-7-16(10)13-11(9-5-6-9)12(14)15-17-13/h8-10H,3-7H2,1-2H3,(H2,14,15). The van der Waals surface area contributed by atoms with E-state index in [4.69, 9.17) is 5.73 Å². The summed E-state index contributed by atoms with van der Waals surface area (Å²) in [5.74, 6) is 2.21. The van der Waals surface area contributed by atoms with Crippen LogP contribution in [0.1, 0.15) is 51.0 Å². The summed E-state index contributed by atoms with van der Waals surface area (Å²) in [5, 5.41) is 1.38. The van der Waals surface area contributed by atoms with Gasteiger partial charge in [-0.3, -0.25) is 0 Å². The molecule has 1 aliphatic heterocycles. The van der Waals surface area contributed by atoms with Crippen LogP contribution in [0.3, 0.4) is 0 Å². The first-order valence-corrected chi connectivity index (χ1v) is 7.47. The van der Waals surface area contributed by atoms with Crippen molar-refractivity contribution in [3.63, 3.8) is 0 Å². The average molecular weight is 251 g/mol. The highest BCUT2D eigenvalue weighted by Crippen LogP contribution is 2.50. The summed E-state index contributed by atoms with van der Waals surface area (Å²) in [6, 6.07) is 0.687. The van der Waals surface area contributed by atoms with Gasteiger partial charge >= 0.3 is 0 Å². The van der Waals surface area contributed by atoms with Gasteiger partial charge < -0.3 is 10.6 Å². The second kappa shape index (κ2) is 4.16. The van der Waals surface area contributed by atoms with E-state index in [1.807, 2.05) is 0 Å². The minimum absolute atomic E-state index is 0.687. The van der Waals surface area contributed by atoms with E-state index in [1.165, 1.54) is 42.8 Å². The van der Waals surface area contributed by atoms with E-state index in [-0.39, 0.29) is 0 Å². The van der Waals surface area contributed by atoms with Crippen molar-refractivity contribution < 1.29 is 0 Å². The maximum atomic E-state index is 6.04. The molecule has 0 spiro atoms. The third kappa shape index (κ3) is 1.92. The number of hydrogen-bond acceptors (Lipinski definition) is 4.